The highest BCUT2D eigenvalue weighted by Crippen LogP contribution is 2.37. The van der Waals surface area contributed by atoms with Crippen molar-refractivity contribution in [3.8, 4) is 0 Å². The smallest absolute Gasteiger partial charge is 0.144 e. The van der Waals surface area contributed by atoms with Gasteiger partial charge in [-0.25, -0.2) is 4.39 Å². The molecule has 0 saturated heterocycles. The van der Waals surface area contributed by atoms with Gasteiger partial charge in [0.1, 0.15) is 11.6 Å². The van der Waals surface area contributed by atoms with E-state index in [9.17, 15) is 9.18 Å². The third kappa shape index (κ3) is 3.15. The molecule has 0 radical (unpaired) electrons. The zero-order chi connectivity index (χ0) is 13.9. The minimum atomic E-state index is -0.393. The van der Waals surface area contributed by atoms with E-state index < -0.39 is 5.41 Å². The van der Waals surface area contributed by atoms with E-state index in [2.05, 4.69) is 0 Å². The van der Waals surface area contributed by atoms with E-state index in [0.29, 0.717) is 17.1 Å². The van der Waals surface area contributed by atoms with Crippen molar-refractivity contribution in [1.29, 1.82) is 0 Å². The van der Waals surface area contributed by atoms with Gasteiger partial charge in [-0.3, -0.25) is 4.79 Å². The summed E-state index contributed by atoms with van der Waals surface area (Å²) >= 11 is 5.98. The molecule has 1 aromatic rings. The Balaban J connectivity index is 2.15. The molecule has 0 atom stereocenters. The highest BCUT2D eigenvalue weighted by molar-refractivity contribution is 6.31. The molecule has 0 unspecified atom stereocenters. The van der Waals surface area contributed by atoms with Gasteiger partial charge in [-0.05, 0) is 30.5 Å². The predicted octanol–water partition coefficient (Wildman–Crippen LogP) is 3.50. The topological polar surface area (TPSA) is 43.1 Å². The molecule has 2 rings (SSSR count). The number of hydrogen-bond donors (Lipinski definition) is 1. The van der Waals surface area contributed by atoms with E-state index in [1.54, 1.807) is 6.07 Å². The number of halogens is 2. The Morgan fingerprint density at radius 3 is 2.58 bits per heavy atom. The van der Waals surface area contributed by atoms with Crippen molar-refractivity contribution in [3.63, 3.8) is 0 Å². The molecule has 0 amide bonds. The molecule has 0 aromatic heterocycles. The summed E-state index contributed by atoms with van der Waals surface area (Å²) in [5.74, 6) is -0.240. The molecule has 1 aliphatic carbocycles. The number of nitrogens with two attached hydrogens (primary N) is 1. The van der Waals surface area contributed by atoms with Gasteiger partial charge in [0.25, 0.3) is 0 Å². The Hall–Kier alpha value is -0.930. The van der Waals surface area contributed by atoms with Crippen molar-refractivity contribution in [2.75, 3.05) is 6.54 Å². The number of carbonyl (C=O) groups excluding carboxylic acids is 1. The van der Waals surface area contributed by atoms with Crippen molar-refractivity contribution >= 4 is 17.4 Å². The van der Waals surface area contributed by atoms with E-state index in [-0.39, 0.29) is 18.0 Å². The second-order valence-corrected chi connectivity index (χ2v) is 5.79. The molecule has 4 heteroatoms. The molecule has 19 heavy (non-hydrogen) atoms. The number of hydrogen-bond acceptors (Lipinski definition) is 2. The number of Topliss-reactive ketones (excluding diaryl/α,β-unsaturated/α-hetero) is 1. The molecule has 0 bridgehead atoms. The maximum atomic E-state index is 13.0. The molecule has 2 N–H and O–H groups in total. The van der Waals surface area contributed by atoms with Crippen LogP contribution in [-0.2, 0) is 11.2 Å². The van der Waals surface area contributed by atoms with Crippen LogP contribution < -0.4 is 5.73 Å². The minimum absolute atomic E-state index is 0.142. The zero-order valence-corrected chi connectivity index (χ0v) is 11.7. The third-order valence-corrected chi connectivity index (χ3v) is 4.51. The highest BCUT2D eigenvalue weighted by atomic mass is 35.5. The lowest BCUT2D eigenvalue weighted by atomic mass is 9.70. The van der Waals surface area contributed by atoms with Crippen LogP contribution in [0.15, 0.2) is 18.2 Å². The van der Waals surface area contributed by atoms with Crippen molar-refractivity contribution in [2.45, 2.75) is 38.5 Å². The molecule has 1 aromatic carbocycles. The standard InChI is InChI=1S/C15H19ClFNO/c16-13-9-12(17)5-4-11(13)8-14(19)15(10-18)6-2-1-3-7-15/h4-5,9H,1-3,6-8,10,18H2. The number of rotatable bonds is 4. The van der Waals surface area contributed by atoms with Crippen molar-refractivity contribution < 1.29 is 9.18 Å². The fraction of sp³-hybridized carbons (Fsp3) is 0.533. The Morgan fingerprint density at radius 2 is 2.00 bits per heavy atom. The summed E-state index contributed by atoms with van der Waals surface area (Å²) in [6.07, 6.45) is 5.26. The summed E-state index contributed by atoms with van der Waals surface area (Å²) in [6.45, 7) is 0.393. The van der Waals surface area contributed by atoms with Crippen LogP contribution in [0.25, 0.3) is 0 Å². The van der Waals surface area contributed by atoms with Gasteiger partial charge in [-0.1, -0.05) is 36.9 Å². The van der Waals surface area contributed by atoms with Crippen LogP contribution in [-0.4, -0.2) is 12.3 Å². The van der Waals surface area contributed by atoms with E-state index in [0.717, 1.165) is 25.7 Å². The van der Waals surface area contributed by atoms with Crippen LogP contribution in [0.5, 0.6) is 0 Å². The third-order valence-electron chi connectivity index (χ3n) is 4.16. The number of carbonyl (C=O) groups is 1. The maximum absolute atomic E-state index is 13.0. The molecule has 0 aliphatic heterocycles. The fourth-order valence-corrected chi connectivity index (χ4v) is 3.08. The first kappa shape index (κ1) is 14.5. The number of ketones is 1. The van der Waals surface area contributed by atoms with Gasteiger partial charge in [0.2, 0.25) is 0 Å². The fourth-order valence-electron chi connectivity index (χ4n) is 2.85. The summed E-state index contributed by atoms with van der Waals surface area (Å²) in [5.41, 5.74) is 6.13. The molecule has 104 valence electrons. The Kier molecular flexibility index (Phi) is 4.58. The Labute approximate surface area is 118 Å². The second kappa shape index (κ2) is 6.02. The molecule has 0 spiro atoms. The van der Waals surface area contributed by atoms with Crippen LogP contribution in [0.4, 0.5) is 4.39 Å². The molecule has 0 heterocycles. The van der Waals surface area contributed by atoms with E-state index in [1.807, 2.05) is 0 Å². The van der Waals surface area contributed by atoms with Gasteiger partial charge < -0.3 is 5.73 Å². The predicted molar refractivity (Wildman–Crippen MR) is 74.7 cm³/mol. The van der Waals surface area contributed by atoms with Crippen molar-refractivity contribution in [3.05, 3.63) is 34.6 Å². The SMILES string of the molecule is NCC1(C(=O)Cc2ccc(F)cc2Cl)CCCCC1. The van der Waals surface area contributed by atoms with Crippen molar-refractivity contribution in [2.24, 2.45) is 11.1 Å². The molecule has 1 fully saturated rings. The molecule has 1 saturated carbocycles. The minimum Gasteiger partial charge on any atom is -0.329 e. The summed E-state index contributed by atoms with van der Waals surface area (Å²) in [6, 6.07) is 4.17. The van der Waals surface area contributed by atoms with Gasteiger partial charge in [0.15, 0.2) is 0 Å². The number of benzene rings is 1. The summed E-state index contributed by atoms with van der Waals surface area (Å²) in [7, 11) is 0. The van der Waals surface area contributed by atoms with Crippen LogP contribution in [0.2, 0.25) is 5.02 Å². The van der Waals surface area contributed by atoms with Gasteiger partial charge in [0, 0.05) is 23.4 Å². The molecule has 2 nitrogen and oxygen atoms in total. The summed E-state index contributed by atoms with van der Waals surface area (Å²) in [5, 5.41) is 0.316. The first-order valence-electron chi connectivity index (χ1n) is 6.75. The first-order valence-corrected chi connectivity index (χ1v) is 7.12. The lowest BCUT2D eigenvalue weighted by molar-refractivity contribution is -0.129. The Morgan fingerprint density at radius 1 is 1.32 bits per heavy atom. The van der Waals surface area contributed by atoms with Gasteiger partial charge >= 0.3 is 0 Å². The van der Waals surface area contributed by atoms with Crippen molar-refractivity contribution in [1.82, 2.24) is 0 Å². The van der Waals surface area contributed by atoms with Crippen LogP contribution in [0, 0.1) is 11.2 Å². The summed E-state index contributed by atoms with van der Waals surface area (Å²) < 4.78 is 13.0. The lowest BCUT2D eigenvalue weighted by Crippen LogP contribution is -2.41. The van der Waals surface area contributed by atoms with Crippen LogP contribution in [0.3, 0.4) is 0 Å². The second-order valence-electron chi connectivity index (χ2n) is 5.38. The van der Waals surface area contributed by atoms with E-state index in [4.69, 9.17) is 17.3 Å². The molecular formula is C15H19ClFNO. The normalized spacial score (nSPS) is 18.3. The highest BCUT2D eigenvalue weighted by Gasteiger charge is 2.37. The molecule has 1 aliphatic rings. The van der Waals surface area contributed by atoms with E-state index >= 15 is 0 Å². The monoisotopic (exact) mass is 283 g/mol. The lowest BCUT2D eigenvalue weighted by Gasteiger charge is -2.34. The average molecular weight is 284 g/mol. The van der Waals surface area contributed by atoms with Gasteiger partial charge in [-0.2, -0.15) is 0 Å². The molecular weight excluding hydrogens is 265 g/mol. The van der Waals surface area contributed by atoms with Gasteiger partial charge in [-0.15, -0.1) is 0 Å². The largest absolute Gasteiger partial charge is 0.329 e. The van der Waals surface area contributed by atoms with Gasteiger partial charge in [0.05, 0.1) is 0 Å². The Bertz CT molecular complexity index is 469. The first-order chi connectivity index (χ1) is 9.07. The maximum Gasteiger partial charge on any atom is 0.144 e. The van der Waals surface area contributed by atoms with Crippen LogP contribution in [0.1, 0.15) is 37.7 Å². The van der Waals surface area contributed by atoms with E-state index in [1.165, 1.54) is 18.6 Å². The quantitative estimate of drug-likeness (QED) is 0.919. The summed E-state index contributed by atoms with van der Waals surface area (Å²) in [4.78, 5) is 12.5. The average Bonchev–Trinajstić information content (AvgIpc) is 2.42. The zero-order valence-electron chi connectivity index (χ0n) is 10.9. The van der Waals surface area contributed by atoms with Crippen LogP contribution >= 0.6 is 11.6 Å².